The van der Waals surface area contributed by atoms with Crippen molar-refractivity contribution in [2.75, 3.05) is 28.6 Å². The lowest BCUT2D eigenvalue weighted by molar-refractivity contribution is 0.262. The zero-order chi connectivity index (χ0) is 21.6. The van der Waals surface area contributed by atoms with Crippen molar-refractivity contribution in [2.45, 2.75) is 39.5 Å². The lowest BCUT2D eigenvalue weighted by Gasteiger charge is -2.20. The Bertz CT molecular complexity index is 1000. The van der Waals surface area contributed by atoms with E-state index in [-0.39, 0.29) is 6.03 Å². The quantitative estimate of drug-likeness (QED) is 0.566. The molecule has 0 unspecified atom stereocenters. The largest absolute Gasteiger partial charge is 0.355 e. The van der Waals surface area contributed by atoms with Crippen LogP contribution in [0.3, 0.4) is 0 Å². The molecule has 0 aliphatic carbocycles. The van der Waals surface area contributed by atoms with Crippen LogP contribution in [0.5, 0.6) is 0 Å². The van der Waals surface area contributed by atoms with Gasteiger partial charge in [-0.15, -0.1) is 10.2 Å². The van der Waals surface area contributed by atoms with Crippen molar-refractivity contribution >= 4 is 23.2 Å². The van der Waals surface area contributed by atoms with Crippen LogP contribution in [0.1, 0.15) is 36.8 Å². The summed E-state index contributed by atoms with van der Waals surface area (Å²) in [7, 11) is 0. The average Bonchev–Trinajstić information content (AvgIpc) is 3.03. The molecule has 2 N–H and O–H groups in total. The highest BCUT2D eigenvalue weighted by Gasteiger charge is 2.12. The number of nitrogens with one attached hydrogen (secondary N) is 2. The molecule has 0 atom stereocenters. The van der Waals surface area contributed by atoms with Crippen LogP contribution in [-0.4, -0.2) is 29.3 Å². The van der Waals surface area contributed by atoms with Gasteiger partial charge in [-0.25, -0.2) is 4.79 Å². The fraction of sp³-hybridized carbons (Fsp3) is 0.320. The first-order chi connectivity index (χ1) is 15.1. The van der Waals surface area contributed by atoms with Gasteiger partial charge in [-0.05, 0) is 74.2 Å². The first kappa shape index (κ1) is 20.8. The zero-order valence-corrected chi connectivity index (χ0v) is 18.2. The Kier molecular flexibility index (Phi) is 6.46. The number of carbonyl (C=O) groups excluding carboxylic acids is 1. The van der Waals surface area contributed by atoms with E-state index in [1.54, 1.807) is 0 Å². The Morgan fingerprint density at radius 3 is 2.03 bits per heavy atom. The predicted molar refractivity (Wildman–Crippen MR) is 127 cm³/mol. The van der Waals surface area contributed by atoms with Gasteiger partial charge < -0.3 is 15.5 Å². The number of nitrogens with zero attached hydrogens (tertiary/aromatic N) is 3. The summed E-state index contributed by atoms with van der Waals surface area (Å²) in [6.07, 6.45) is 5.03. The molecular weight excluding hydrogens is 386 g/mol. The van der Waals surface area contributed by atoms with Crippen molar-refractivity contribution in [2.24, 2.45) is 0 Å². The van der Waals surface area contributed by atoms with Gasteiger partial charge >= 0.3 is 6.03 Å². The van der Waals surface area contributed by atoms with Gasteiger partial charge in [0.05, 0.1) is 5.69 Å². The third kappa shape index (κ3) is 5.60. The Morgan fingerprint density at radius 2 is 1.42 bits per heavy atom. The molecule has 6 nitrogen and oxygen atoms in total. The monoisotopic (exact) mass is 415 g/mol. The van der Waals surface area contributed by atoms with Crippen LogP contribution < -0.4 is 15.5 Å². The number of carbonyl (C=O) groups is 1. The van der Waals surface area contributed by atoms with Crippen LogP contribution in [0, 0.1) is 13.8 Å². The smallest absolute Gasteiger partial charge is 0.323 e. The zero-order valence-electron chi connectivity index (χ0n) is 18.2. The molecule has 31 heavy (non-hydrogen) atoms. The maximum Gasteiger partial charge on any atom is 0.323 e. The molecule has 1 aromatic heterocycles. The minimum Gasteiger partial charge on any atom is -0.355 e. The van der Waals surface area contributed by atoms with Crippen LogP contribution in [0.4, 0.5) is 22.0 Å². The van der Waals surface area contributed by atoms with Crippen LogP contribution in [0.25, 0.3) is 11.3 Å². The van der Waals surface area contributed by atoms with Crippen LogP contribution >= 0.6 is 0 Å². The summed E-state index contributed by atoms with van der Waals surface area (Å²) in [5.41, 5.74) is 5.52. The molecule has 0 radical (unpaired) electrons. The molecule has 160 valence electrons. The highest BCUT2D eigenvalue weighted by atomic mass is 16.2. The van der Waals surface area contributed by atoms with Crippen molar-refractivity contribution in [3.8, 4) is 11.3 Å². The molecule has 0 saturated carbocycles. The Hall–Kier alpha value is -3.41. The normalized spacial score (nSPS) is 14.1. The van der Waals surface area contributed by atoms with Gasteiger partial charge in [0.15, 0.2) is 5.82 Å². The fourth-order valence-corrected chi connectivity index (χ4v) is 4.01. The van der Waals surface area contributed by atoms with E-state index in [1.165, 1.54) is 25.7 Å². The molecule has 0 spiro atoms. The Balaban J connectivity index is 1.37. The highest BCUT2D eigenvalue weighted by molar-refractivity contribution is 5.99. The topological polar surface area (TPSA) is 70.2 Å². The number of anilines is 3. The number of aryl methyl sites for hydroxylation is 2. The molecule has 3 aromatic rings. The standard InChI is InChI=1S/C25H29N5O/c1-18-15-19(2)17-22(16-18)27-25(31)26-21-9-7-20(8-10-21)23-11-12-24(29-28-23)30-13-5-3-4-6-14-30/h7-12,15-17H,3-6,13-14H2,1-2H3,(H2,26,27,31). The van der Waals surface area contributed by atoms with E-state index in [4.69, 9.17) is 0 Å². The number of rotatable bonds is 4. The van der Waals surface area contributed by atoms with E-state index in [1.807, 2.05) is 56.3 Å². The average molecular weight is 416 g/mol. The molecule has 6 heteroatoms. The van der Waals surface area contributed by atoms with Crippen molar-refractivity contribution in [1.82, 2.24) is 10.2 Å². The van der Waals surface area contributed by atoms with Gasteiger partial charge in [-0.1, -0.05) is 31.0 Å². The highest BCUT2D eigenvalue weighted by Crippen LogP contribution is 2.22. The summed E-state index contributed by atoms with van der Waals surface area (Å²) in [4.78, 5) is 14.6. The van der Waals surface area contributed by atoms with Gasteiger partial charge in [0, 0.05) is 30.0 Å². The first-order valence-corrected chi connectivity index (χ1v) is 10.9. The Morgan fingerprint density at radius 1 is 0.774 bits per heavy atom. The predicted octanol–water partition coefficient (Wildman–Crippen LogP) is 5.78. The molecule has 0 bridgehead atoms. The van der Waals surface area contributed by atoms with Crippen molar-refractivity contribution in [1.29, 1.82) is 0 Å². The summed E-state index contributed by atoms with van der Waals surface area (Å²) in [5, 5.41) is 14.6. The van der Waals surface area contributed by atoms with E-state index in [9.17, 15) is 4.79 Å². The SMILES string of the molecule is Cc1cc(C)cc(NC(=O)Nc2ccc(-c3ccc(N4CCCCCC4)nn3)cc2)c1. The van der Waals surface area contributed by atoms with Crippen molar-refractivity contribution in [3.05, 3.63) is 65.7 Å². The van der Waals surface area contributed by atoms with Gasteiger partial charge in [0.25, 0.3) is 0 Å². The van der Waals surface area contributed by atoms with E-state index in [0.29, 0.717) is 0 Å². The molecule has 1 saturated heterocycles. The number of urea groups is 1. The van der Waals surface area contributed by atoms with Crippen LogP contribution in [0.2, 0.25) is 0 Å². The van der Waals surface area contributed by atoms with E-state index in [2.05, 4.69) is 37.9 Å². The summed E-state index contributed by atoms with van der Waals surface area (Å²) in [6.45, 7) is 6.13. The van der Waals surface area contributed by atoms with Gasteiger partial charge in [-0.2, -0.15) is 0 Å². The first-order valence-electron chi connectivity index (χ1n) is 10.9. The molecule has 2 heterocycles. The van der Waals surface area contributed by atoms with E-state index in [0.717, 1.165) is 52.7 Å². The van der Waals surface area contributed by atoms with Gasteiger partial charge in [0.2, 0.25) is 0 Å². The maximum absolute atomic E-state index is 12.3. The van der Waals surface area contributed by atoms with Gasteiger partial charge in [-0.3, -0.25) is 0 Å². The summed E-state index contributed by atoms with van der Waals surface area (Å²) >= 11 is 0. The molecule has 1 fully saturated rings. The van der Waals surface area contributed by atoms with Crippen LogP contribution in [0.15, 0.2) is 54.6 Å². The fourth-order valence-electron chi connectivity index (χ4n) is 4.01. The molecule has 1 aliphatic rings. The minimum atomic E-state index is -0.264. The number of aromatic nitrogens is 2. The summed E-state index contributed by atoms with van der Waals surface area (Å²) in [5.74, 6) is 0.951. The molecule has 4 rings (SSSR count). The second kappa shape index (κ2) is 9.60. The van der Waals surface area contributed by atoms with Crippen LogP contribution in [-0.2, 0) is 0 Å². The van der Waals surface area contributed by atoms with E-state index >= 15 is 0 Å². The second-order valence-corrected chi connectivity index (χ2v) is 8.21. The number of hydrogen-bond acceptors (Lipinski definition) is 4. The van der Waals surface area contributed by atoms with Gasteiger partial charge in [0.1, 0.15) is 0 Å². The molecule has 1 aliphatic heterocycles. The molecule has 2 aromatic carbocycles. The molecule has 2 amide bonds. The molecular formula is C25H29N5O. The van der Waals surface area contributed by atoms with Crippen molar-refractivity contribution in [3.63, 3.8) is 0 Å². The number of benzene rings is 2. The minimum absolute atomic E-state index is 0.264. The lowest BCUT2D eigenvalue weighted by Crippen LogP contribution is -2.25. The second-order valence-electron chi connectivity index (χ2n) is 8.21. The lowest BCUT2D eigenvalue weighted by atomic mass is 10.1. The maximum atomic E-state index is 12.3. The van der Waals surface area contributed by atoms with Crippen molar-refractivity contribution < 1.29 is 4.79 Å². The number of amides is 2. The van der Waals surface area contributed by atoms with E-state index < -0.39 is 0 Å². The Labute approximate surface area is 183 Å². The third-order valence-electron chi connectivity index (χ3n) is 5.50. The number of hydrogen-bond donors (Lipinski definition) is 2. The third-order valence-corrected chi connectivity index (χ3v) is 5.50. The summed E-state index contributed by atoms with van der Waals surface area (Å²) in [6, 6.07) is 17.4. The summed E-state index contributed by atoms with van der Waals surface area (Å²) < 4.78 is 0.